The third kappa shape index (κ3) is 1.72. The largest absolute Gasteiger partial charge is 0.374 e. The molecule has 2 aliphatic heterocycles. The Labute approximate surface area is 112 Å². The molecule has 0 amide bonds. The Bertz CT molecular complexity index is 491. The van der Waals surface area contributed by atoms with Gasteiger partial charge in [0, 0.05) is 23.2 Å². The van der Waals surface area contributed by atoms with E-state index in [1.165, 1.54) is 5.56 Å². The van der Waals surface area contributed by atoms with Crippen molar-refractivity contribution in [3.05, 3.63) is 11.8 Å². The summed E-state index contributed by atoms with van der Waals surface area (Å²) in [7, 11) is 0. The van der Waals surface area contributed by atoms with E-state index < -0.39 is 0 Å². The molecule has 0 spiro atoms. The second-order valence-corrected chi connectivity index (χ2v) is 6.76. The van der Waals surface area contributed by atoms with Crippen LogP contribution in [0, 0.1) is 0 Å². The highest BCUT2D eigenvalue weighted by Gasteiger charge is 2.50. The van der Waals surface area contributed by atoms with Gasteiger partial charge < -0.3 is 10.1 Å². The van der Waals surface area contributed by atoms with Crippen LogP contribution in [-0.4, -0.2) is 34.5 Å². The number of aromatic nitrogens is 2. The van der Waals surface area contributed by atoms with Crippen LogP contribution in [0.2, 0.25) is 0 Å². The molecule has 2 aliphatic rings. The molecule has 2 atom stereocenters. The van der Waals surface area contributed by atoms with E-state index >= 15 is 0 Å². The van der Waals surface area contributed by atoms with Crippen LogP contribution in [0.4, 0.5) is 5.82 Å². The summed E-state index contributed by atoms with van der Waals surface area (Å²) in [5.74, 6) is 0.989. The first-order valence-corrected chi connectivity index (χ1v) is 7.49. The molecule has 1 saturated heterocycles. The molecular weight excluding hydrogens is 246 g/mol. The lowest BCUT2D eigenvalue weighted by Crippen LogP contribution is -2.51. The van der Waals surface area contributed by atoms with Gasteiger partial charge in [-0.3, -0.25) is 0 Å². The highest BCUT2D eigenvalue weighted by molar-refractivity contribution is 7.98. The molecule has 0 radical (unpaired) electrons. The van der Waals surface area contributed by atoms with Crippen molar-refractivity contribution in [1.82, 2.24) is 9.97 Å². The topological polar surface area (TPSA) is 47.0 Å². The Kier molecular flexibility index (Phi) is 2.61. The Balaban J connectivity index is 1.99. The Hall–Kier alpha value is -0.810. The Morgan fingerprint density at radius 3 is 2.94 bits per heavy atom. The van der Waals surface area contributed by atoms with Crippen LogP contribution < -0.4 is 5.32 Å². The van der Waals surface area contributed by atoms with E-state index in [4.69, 9.17) is 4.74 Å². The molecule has 0 bridgehead atoms. The van der Waals surface area contributed by atoms with Gasteiger partial charge in [-0.2, -0.15) is 0 Å². The number of anilines is 1. The van der Waals surface area contributed by atoms with E-state index in [-0.39, 0.29) is 11.0 Å². The zero-order valence-electron chi connectivity index (χ0n) is 11.3. The van der Waals surface area contributed by atoms with E-state index in [2.05, 4.69) is 36.1 Å². The fourth-order valence-electron chi connectivity index (χ4n) is 2.85. The number of hydrogen-bond donors (Lipinski definition) is 1. The minimum Gasteiger partial charge on any atom is -0.374 e. The van der Waals surface area contributed by atoms with Crippen molar-refractivity contribution in [2.24, 2.45) is 0 Å². The van der Waals surface area contributed by atoms with E-state index in [0.29, 0.717) is 6.04 Å². The SMILES string of the molecule is CSc1ncc2c(n1)N[C@@H]1CC(C)(C)OC[C@]21C. The van der Waals surface area contributed by atoms with Crippen LogP contribution in [0.5, 0.6) is 0 Å². The first kappa shape index (κ1) is 12.2. The van der Waals surface area contributed by atoms with Crippen molar-refractivity contribution in [1.29, 1.82) is 0 Å². The molecule has 1 N–H and O–H groups in total. The number of ether oxygens (including phenoxy) is 1. The number of nitrogens with one attached hydrogen (secondary N) is 1. The predicted octanol–water partition coefficient (Wildman–Crippen LogP) is 2.45. The van der Waals surface area contributed by atoms with Crippen molar-refractivity contribution in [3.8, 4) is 0 Å². The average Bonchev–Trinajstić information content (AvgIpc) is 2.60. The summed E-state index contributed by atoms with van der Waals surface area (Å²) in [4.78, 5) is 8.97. The van der Waals surface area contributed by atoms with Crippen molar-refractivity contribution in [2.75, 3.05) is 18.2 Å². The number of nitrogens with zero attached hydrogens (tertiary/aromatic N) is 2. The molecule has 3 rings (SSSR count). The van der Waals surface area contributed by atoms with Crippen LogP contribution in [0.15, 0.2) is 11.4 Å². The molecule has 0 unspecified atom stereocenters. The molecule has 1 fully saturated rings. The van der Waals surface area contributed by atoms with Crippen molar-refractivity contribution < 1.29 is 4.74 Å². The number of fused-ring (bicyclic) bond motifs is 3. The van der Waals surface area contributed by atoms with Crippen LogP contribution >= 0.6 is 11.8 Å². The van der Waals surface area contributed by atoms with E-state index in [0.717, 1.165) is 24.0 Å². The number of thioether (sulfide) groups is 1. The molecule has 3 heterocycles. The van der Waals surface area contributed by atoms with Crippen molar-refractivity contribution >= 4 is 17.6 Å². The van der Waals surface area contributed by atoms with Gasteiger partial charge in [-0.15, -0.1) is 0 Å². The van der Waals surface area contributed by atoms with E-state index in [1.54, 1.807) is 11.8 Å². The molecule has 18 heavy (non-hydrogen) atoms. The summed E-state index contributed by atoms with van der Waals surface area (Å²) in [6, 6.07) is 0.391. The lowest BCUT2D eigenvalue weighted by atomic mass is 9.74. The van der Waals surface area contributed by atoms with Gasteiger partial charge in [-0.25, -0.2) is 9.97 Å². The van der Waals surface area contributed by atoms with Crippen LogP contribution in [0.1, 0.15) is 32.8 Å². The summed E-state index contributed by atoms with van der Waals surface area (Å²) in [6.07, 6.45) is 4.95. The maximum Gasteiger partial charge on any atom is 0.189 e. The third-order valence-corrected chi connectivity index (χ3v) is 4.66. The molecule has 98 valence electrons. The molecule has 5 heteroatoms. The average molecular weight is 265 g/mol. The quantitative estimate of drug-likeness (QED) is 0.624. The fourth-order valence-corrected chi connectivity index (χ4v) is 3.20. The number of rotatable bonds is 1. The second-order valence-electron chi connectivity index (χ2n) is 5.99. The van der Waals surface area contributed by atoms with Crippen LogP contribution in [-0.2, 0) is 10.2 Å². The molecule has 4 nitrogen and oxygen atoms in total. The smallest absolute Gasteiger partial charge is 0.189 e. The van der Waals surface area contributed by atoms with Crippen molar-refractivity contribution in [2.45, 2.75) is 49.4 Å². The van der Waals surface area contributed by atoms with Gasteiger partial charge >= 0.3 is 0 Å². The lowest BCUT2D eigenvalue weighted by Gasteiger charge is -2.43. The summed E-state index contributed by atoms with van der Waals surface area (Å²) < 4.78 is 5.99. The monoisotopic (exact) mass is 265 g/mol. The van der Waals surface area contributed by atoms with Gasteiger partial charge in [0.25, 0.3) is 0 Å². The molecule has 1 aromatic rings. The summed E-state index contributed by atoms with van der Waals surface area (Å²) in [6.45, 7) is 7.27. The normalized spacial score (nSPS) is 32.6. The molecule has 0 aromatic carbocycles. The molecular formula is C13H19N3OS. The molecule has 0 aliphatic carbocycles. The third-order valence-electron chi connectivity index (χ3n) is 4.10. The first-order chi connectivity index (χ1) is 8.44. The fraction of sp³-hybridized carbons (Fsp3) is 0.692. The highest BCUT2D eigenvalue weighted by Crippen LogP contribution is 2.46. The maximum atomic E-state index is 5.99. The van der Waals surface area contributed by atoms with E-state index in [1.807, 2.05) is 12.5 Å². The van der Waals surface area contributed by atoms with Gasteiger partial charge in [-0.05, 0) is 26.5 Å². The second kappa shape index (κ2) is 3.84. The van der Waals surface area contributed by atoms with Crippen LogP contribution in [0.25, 0.3) is 0 Å². The zero-order chi connectivity index (χ0) is 13.0. The standard InChI is InChI=1S/C13H19N3OS/c1-12(2)5-9-13(3,7-17-12)8-6-14-11(18-4)16-10(8)15-9/h6,9H,5,7H2,1-4H3,(H,14,15,16)/t9-,13-/m1/s1. The first-order valence-electron chi connectivity index (χ1n) is 6.27. The van der Waals surface area contributed by atoms with Crippen molar-refractivity contribution in [3.63, 3.8) is 0 Å². The summed E-state index contributed by atoms with van der Waals surface area (Å²) in [5.41, 5.74) is 1.14. The maximum absolute atomic E-state index is 5.99. The predicted molar refractivity (Wildman–Crippen MR) is 73.2 cm³/mol. The van der Waals surface area contributed by atoms with Crippen LogP contribution in [0.3, 0.4) is 0 Å². The summed E-state index contributed by atoms with van der Waals surface area (Å²) in [5, 5.41) is 4.39. The molecule has 0 saturated carbocycles. The highest BCUT2D eigenvalue weighted by atomic mass is 32.2. The lowest BCUT2D eigenvalue weighted by molar-refractivity contribution is -0.0867. The minimum absolute atomic E-state index is 0.00178. The van der Waals surface area contributed by atoms with Gasteiger partial charge in [0.2, 0.25) is 0 Å². The van der Waals surface area contributed by atoms with Gasteiger partial charge in [0.15, 0.2) is 5.16 Å². The van der Waals surface area contributed by atoms with Gasteiger partial charge in [0.1, 0.15) is 5.82 Å². The van der Waals surface area contributed by atoms with Gasteiger partial charge in [0.05, 0.1) is 12.2 Å². The van der Waals surface area contributed by atoms with Gasteiger partial charge in [-0.1, -0.05) is 18.7 Å². The minimum atomic E-state index is -0.0605. The Morgan fingerprint density at radius 2 is 2.22 bits per heavy atom. The zero-order valence-corrected chi connectivity index (χ0v) is 12.1. The molecule has 1 aromatic heterocycles. The number of hydrogen-bond acceptors (Lipinski definition) is 5. The Morgan fingerprint density at radius 1 is 1.44 bits per heavy atom. The summed E-state index contributed by atoms with van der Waals surface area (Å²) >= 11 is 1.57. The van der Waals surface area contributed by atoms with E-state index in [9.17, 15) is 0 Å².